The van der Waals surface area contributed by atoms with Crippen LogP contribution in [0.15, 0.2) is 35.1 Å². The average Bonchev–Trinajstić information content (AvgIpc) is 2.90. The van der Waals surface area contributed by atoms with Gasteiger partial charge in [-0.15, -0.1) is 20.2 Å². The van der Waals surface area contributed by atoms with Crippen molar-refractivity contribution in [2.45, 2.75) is 27.3 Å². The zero-order valence-electron chi connectivity index (χ0n) is 14.3. The largest absolute Gasteiger partial charge is 0.366 e. The molecule has 0 unspecified atom stereocenters. The van der Waals surface area contributed by atoms with Crippen LogP contribution in [0.25, 0.3) is 4.96 Å². The molecule has 1 aromatic carbocycles. The van der Waals surface area contributed by atoms with E-state index in [1.54, 1.807) is 22.6 Å². The van der Waals surface area contributed by atoms with Gasteiger partial charge in [0.25, 0.3) is 5.56 Å². The second-order valence-corrected chi connectivity index (χ2v) is 7.76. The molecule has 0 amide bonds. The summed E-state index contributed by atoms with van der Waals surface area (Å²) in [7, 11) is 3.53. The van der Waals surface area contributed by atoms with Crippen molar-refractivity contribution in [3.63, 3.8) is 0 Å². The molecule has 0 atom stereocenters. The minimum atomic E-state index is -0.264. The summed E-state index contributed by atoms with van der Waals surface area (Å²) >= 11 is 1.50. The van der Waals surface area contributed by atoms with Crippen molar-refractivity contribution < 1.29 is 4.39 Å². The normalized spacial score (nSPS) is 11.0. The third-order valence-corrected chi connectivity index (χ3v) is 5.22. The number of thiazole rings is 1. The molecule has 130 valence electrons. The first-order valence-electron chi connectivity index (χ1n) is 7.98. The lowest BCUT2D eigenvalue weighted by Gasteiger charge is -2.22. The van der Waals surface area contributed by atoms with E-state index < -0.39 is 0 Å². The molecule has 0 bridgehead atoms. The van der Waals surface area contributed by atoms with Gasteiger partial charge in [0, 0.05) is 23.2 Å². The molecule has 0 saturated carbocycles. The van der Waals surface area contributed by atoms with E-state index in [4.69, 9.17) is 0 Å². The summed E-state index contributed by atoms with van der Waals surface area (Å²) < 4.78 is 14.8. The Morgan fingerprint density at radius 1 is 1.36 bits per heavy atom. The van der Waals surface area contributed by atoms with Gasteiger partial charge in [-0.2, -0.15) is 0 Å². The van der Waals surface area contributed by atoms with Gasteiger partial charge in [0.05, 0.1) is 17.9 Å². The van der Waals surface area contributed by atoms with Gasteiger partial charge >= 0.3 is 0 Å². The Balaban J connectivity index is 2.00. The molecule has 2 heterocycles. The predicted molar refractivity (Wildman–Crippen MR) is 105 cm³/mol. The Labute approximate surface area is 151 Å². The minimum Gasteiger partial charge on any atom is -0.366 e. The van der Waals surface area contributed by atoms with Crippen LogP contribution in [0.1, 0.15) is 30.1 Å². The smallest absolute Gasteiger partial charge is 0.259 e. The number of anilines is 1. The molecular formula is C18H19FN3OPS. The number of halogens is 1. The fraction of sp³-hybridized carbons (Fsp3) is 0.278. The summed E-state index contributed by atoms with van der Waals surface area (Å²) in [5, 5.41) is 0.905. The molecule has 7 heteroatoms. The van der Waals surface area contributed by atoms with Gasteiger partial charge in [-0.05, 0) is 50.3 Å². The van der Waals surface area contributed by atoms with Crippen molar-refractivity contribution in [2.24, 2.45) is 0 Å². The third-order valence-electron chi connectivity index (χ3n) is 4.02. The molecule has 4 nitrogen and oxygen atoms in total. The Hall–Kier alpha value is -2.04. The van der Waals surface area contributed by atoms with Crippen LogP contribution in [-0.4, -0.2) is 21.2 Å². The van der Waals surface area contributed by atoms with E-state index in [1.165, 1.54) is 23.5 Å². The first kappa shape index (κ1) is 17.8. The molecular weight excluding hydrogens is 356 g/mol. The number of aryl methyl sites for hydroxylation is 1. The van der Waals surface area contributed by atoms with Crippen molar-refractivity contribution >= 4 is 36.1 Å². The van der Waals surface area contributed by atoms with E-state index in [0.29, 0.717) is 17.2 Å². The van der Waals surface area contributed by atoms with E-state index in [1.807, 2.05) is 20.8 Å². The highest BCUT2D eigenvalue weighted by molar-refractivity contribution is 7.23. The van der Waals surface area contributed by atoms with Gasteiger partial charge in [0.2, 0.25) is 0 Å². The minimum absolute atomic E-state index is 0.0906. The molecule has 0 aliphatic rings. The van der Waals surface area contributed by atoms with Crippen LogP contribution in [0.2, 0.25) is 0 Å². The summed E-state index contributed by atoms with van der Waals surface area (Å²) in [6.07, 6.45) is 0. The van der Waals surface area contributed by atoms with Crippen LogP contribution < -0.4 is 10.5 Å². The first-order valence-corrected chi connectivity index (χ1v) is 9.30. The lowest BCUT2D eigenvalue weighted by atomic mass is 10.2. The van der Waals surface area contributed by atoms with Crippen molar-refractivity contribution in [2.75, 3.05) is 11.4 Å². The maximum atomic E-state index is 13.1. The second kappa shape index (κ2) is 7.06. The summed E-state index contributed by atoms with van der Waals surface area (Å²) in [6.45, 7) is 7.14. The Bertz CT molecular complexity index is 994. The van der Waals surface area contributed by atoms with Gasteiger partial charge < -0.3 is 4.90 Å². The molecule has 3 aromatic rings. The second-order valence-electron chi connectivity index (χ2n) is 5.83. The van der Waals surface area contributed by atoms with E-state index in [2.05, 4.69) is 18.7 Å². The van der Waals surface area contributed by atoms with Crippen molar-refractivity contribution in [3.05, 3.63) is 62.8 Å². The van der Waals surface area contributed by atoms with Gasteiger partial charge in [0.1, 0.15) is 5.82 Å². The number of nitrogens with zero attached hydrogens (tertiary/aromatic N) is 3. The first-order chi connectivity index (χ1) is 11.9. The molecule has 0 saturated heterocycles. The summed E-state index contributed by atoms with van der Waals surface area (Å²) in [5.74, 6) is -0.264. The number of hydrogen-bond acceptors (Lipinski definition) is 4. The van der Waals surface area contributed by atoms with Crippen LogP contribution in [0.5, 0.6) is 0 Å². The summed E-state index contributed by atoms with van der Waals surface area (Å²) in [6, 6.07) is 7.92. The van der Waals surface area contributed by atoms with Crippen LogP contribution in [0, 0.1) is 12.7 Å². The highest BCUT2D eigenvalue weighted by Crippen LogP contribution is 2.22. The van der Waals surface area contributed by atoms with Crippen LogP contribution in [0.4, 0.5) is 10.1 Å². The van der Waals surface area contributed by atoms with Crippen molar-refractivity contribution in [1.82, 2.24) is 9.38 Å². The molecule has 0 spiro atoms. The fourth-order valence-electron chi connectivity index (χ4n) is 2.87. The van der Waals surface area contributed by atoms with Gasteiger partial charge in [-0.25, -0.2) is 9.37 Å². The topological polar surface area (TPSA) is 37.6 Å². The van der Waals surface area contributed by atoms with Crippen molar-refractivity contribution in [1.29, 1.82) is 0 Å². The van der Waals surface area contributed by atoms with Crippen molar-refractivity contribution in [3.8, 4) is 0 Å². The zero-order valence-corrected chi connectivity index (χ0v) is 16.2. The highest BCUT2D eigenvalue weighted by Gasteiger charge is 2.15. The van der Waals surface area contributed by atoms with E-state index >= 15 is 0 Å². The molecule has 25 heavy (non-hydrogen) atoms. The lowest BCUT2D eigenvalue weighted by molar-refractivity contribution is 0.627. The lowest BCUT2D eigenvalue weighted by Crippen LogP contribution is -2.25. The van der Waals surface area contributed by atoms with Crippen LogP contribution in [-0.2, 0) is 6.54 Å². The van der Waals surface area contributed by atoms with Gasteiger partial charge in [-0.1, -0.05) is 0 Å². The van der Waals surface area contributed by atoms with Crippen LogP contribution in [0.3, 0.4) is 0 Å². The Kier molecular flexibility index (Phi) is 5.02. The number of fused-ring (bicyclic) bond motifs is 1. The zero-order chi connectivity index (χ0) is 18.1. The average molecular weight is 375 g/mol. The summed E-state index contributed by atoms with van der Waals surface area (Å²) in [5.41, 5.74) is 2.38. The molecule has 0 N–H and O–H groups in total. The van der Waals surface area contributed by atoms with E-state index in [9.17, 15) is 9.18 Å². The Morgan fingerprint density at radius 2 is 2.04 bits per heavy atom. The number of rotatable bonds is 5. The third kappa shape index (κ3) is 3.51. The number of hydrogen-bond donors (Lipinski definition) is 0. The number of aromatic nitrogens is 2. The predicted octanol–water partition coefficient (Wildman–Crippen LogP) is 3.91. The van der Waals surface area contributed by atoms with E-state index in [0.717, 1.165) is 28.1 Å². The number of benzene rings is 1. The monoisotopic (exact) mass is 375 g/mol. The van der Waals surface area contributed by atoms with Crippen LogP contribution >= 0.6 is 20.2 Å². The molecule has 3 rings (SSSR count). The molecule has 0 aliphatic carbocycles. The highest BCUT2D eigenvalue weighted by atomic mass is 32.1. The molecule has 0 aliphatic heterocycles. The maximum absolute atomic E-state index is 13.1. The molecule has 0 radical (unpaired) electrons. The molecule has 2 aromatic heterocycles. The van der Waals surface area contributed by atoms with E-state index in [-0.39, 0.29) is 11.4 Å². The quantitative estimate of drug-likeness (QED) is 0.635. The fourth-order valence-corrected chi connectivity index (χ4v) is 4.31. The SMILES string of the molecule is CCN(Cc1cc(=O)n2c(C(C)=P)c(C)sc2n1)c1ccc(F)cc1. The molecule has 0 fully saturated rings. The van der Waals surface area contributed by atoms with Gasteiger partial charge in [0.15, 0.2) is 4.96 Å². The maximum Gasteiger partial charge on any atom is 0.259 e. The Morgan fingerprint density at radius 3 is 2.64 bits per heavy atom. The van der Waals surface area contributed by atoms with Gasteiger partial charge in [-0.3, -0.25) is 9.20 Å². The standard InChI is InChI=1S/C18H19FN3OPS/c1-4-21(15-7-5-13(19)6-8-15)10-14-9-16(23)22-17(11(2)24)12(3)25-18(22)20-14/h5-9,24H,4,10H2,1-3H3. The summed E-state index contributed by atoms with van der Waals surface area (Å²) in [4.78, 5) is 21.1.